The maximum atomic E-state index is 11.5. The number of rotatable bonds is 3. The number of aliphatic hydroxyl groups is 1. The van der Waals surface area contributed by atoms with Gasteiger partial charge in [-0.3, -0.25) is 0 Å². The SMILES string of the molecule is CCOC(=O)C(O)c1cccc2c(Br)c[nH]c12. The van der Waals surface area contributed by atoms with Crippen LogP contribution in [0.3, 0.4) is 0 Å². The van der Waals surface area contributed by atoms with Crippen LogP contribution >= 0.6 is 15.9 Å². The van der Waals surface area contributed by atoms with Crippen molar-refractivity contribution in [2.45, 2.75) is 13.0 Å². The zero-order valence-electron chi connectivity index (χ0n) is 9.24. The highest BCUT2D eigenvalue weighted by Gasteiger charge is 2.21. The number of hydrogen-bond acceptors (Lipinski definition) is 3. The number of H-pyrrole nitrogens is 1. The Morgan fingerprint density at radius 3 is 3.06 bits per heavy atom. The Morgan fingerprint density at radius 1 is 1.59 bits per heavy atom. The number of aliphatic hydroxyl groups excluding tert-OH is 1. The van der Waals surface area contributed by atoms with Crippen LogP contribution in [0.15, 0.2) is 28.9 Å². The number of halogens is 1. The van der Waals surface area contributed by atoms with E-state index in [4.69, 9.17) is 4.74 Å². The molecule has 1 atom stereocenters. The van der Waals surface area contributed by atoms with Crippen LogP contribution in [0, 0.1) is 0 Å². The van der Waals surface area contributed by atoms with Gasteiger partial charge in [0.05, 0.1) is 12.1 Å². The number of fused-ring (bicyclic) bond motifs is 1. The van der Waals surface area contributed by atoms with E-state index in [1.807, 2.05) is 6.07 Å². The maximum Gasteiger partial charge on any atom is 0.339 e. The molecule has 1 aromatic heterocycles. The van der Waals surface area contributed by atoms with Gasteiger partial charge in [-0.1, -0.05) is 18.2 Å². The second-order valence-corrected chi connectivity index (χ2v) is 4.42. The lowest BCUT2D eigenvalue weighted by molar-refractivity contribution is -0.153. The van der Waals surface area contributed by atoms with Crippen LogP contribution < -0.4 is 0 Å². The predicted molar refractivity (Wildman–Crippen MR) is 67.6 cm³/mol. The van der Waals surface area contributed by atoms with E-state index < -0.39 is 12.1 Å². The molecule has 0 aliphatic rings. The largest absolute Gasteiger partial charge is 0.464 e. The Balaban J connectivity index is 2.45. The van der Waals surface area contributed by atoms with E-state index >= 15 is 0 Å². The molecular formula is C12H12BrNO3. The molecule has 1 aromatic carbocycles. The zero-order chi connectivity index (χ0) is 12.4. The maximum absolute atomic E-state index is 11.5. The summed E-state index contributed by atoms with van der Waals surface area (Å²) in [6.07, 6.45) is 0.510. The Kier molecular flexibility index (Phi) is 3.49. The van der Waals surface area contributed by atoms with Crippen molar-refractivity contribution in [3.8, 4) is 0 Å². The molecule has 5 heteroatoms. The molecule has 2 N–H and O–H groups in total. The molecule has 0 saturated heterocycles. The molecule has 0 saturated carbocycles. The summed E-state index contributed by atoms with van der Waals surface area (Å²) >= 11 is 3.39. The minimum absolute atomic E-state index is 0.250. The molecular weight excluding hydrogens is 286 g/mol. The summed E-state index contributed by atoms with van der Waals surface area (Å²) in [6, 6.07) is 5.39. The highest BCUT2D eigenvalue weighted by atomic mass is 79.9. The molecule has 2 rings (SSSR count). The molecule has 0 spiro atoms. The molecule has 0 radical (unpaired) electrons. The van der Waals surface area contributed by atoms with Crippen LogP contribution in [-0.4, -0.2) is 22.7 Å². The number of carbonyl (C=O) groups is 1. The summed E-state index contributed by atoms with van der Waals surface area (Å²) in [5.74, 6) is -0.634. The fraction of sp³-hybridized carbons (Fsp3) is 0.250. The number of hydrogen-bond donors (Lipinski definition) is 2. The molecule has 0 amide bonds. The van der Waals surface area contributed by atoms with Crippen LogP contribution in [0.5, 0.6) is 0 Å². The summed E-state index contributed by atoms with van der Waals surface area (Å²) in [4.78, 5) is 14.5. The van der Waals surface area contributed by atoms with Gasteiger partial charge in [-0.15, -0.1) is 0 Å². The number of esters is 1. The van der Waals surface area contributed by atoms with E-state index in [1.165, 1.54) is 0 Å². The molecule has 0 fully saturated rings. The quantitative estimate of drug-likeness (QED) is 0.856. The number of para-hydroxylation sites is 1. The molecule has 1 heterocycles. The number of ether oxygens (including phenoxy) is 1. The molecule has 0 aliphatic carbocycles. The van der Waals surface area contributed by atoms with Crippen molar-refractivity contribution in [3.63, 3.8) is 0 Å². The van der Waals surface area contributed by atoms with Crippen LogP contribution in [-0.2, 0) is 9.53 Å². The molecule has 4 nitrogen and oxygen atoms in total. The van der Waals surface area contributed by atoms with E-state index in [0.717, 1.165) is 15.4 Å². The van der Waals surface area contributed by atoms with Gasteiger partial charge in [-0.25, -0.2) is 4.79 Å². The van der Waals surface area contributed by atoms with Gasteiger partial charge in [-0.05, 0) is 22.9 Å². The Bertz CT molecular complexity index is 550. The lowest BCUT2D eigenvalue weighted by atomic mass is 10.1. The lowest BCUT2D eigenvalue weighted by Crippen LogP contribution is -2.15. The first-order valence-electron chi connectivity index (χ1n) is 5.25. The normalized spacial score (nSPS) is 12.6. The van der Waals surface area contributed by atoms with Gasteiger partial charge in [-0.2, -0.15) is 0 Å². The second-order valence-electron chi connectivity index (χ2n) is 3.56. The first-order chi connectivity index (χ1) is 8.15. The fourth-order valence-corrected chi connectivity index (χ4v) is 2.16. The summed E-state index contributed by atoms with van der Waals surface area (Å²) in [5, 5.41) is 10.8. The first kappa shape index (κ1) is 12.1. The molecule has 0 aliphatic heterocycles. The third-order valence-electron chi connectivity index (χ3n) is 2.50. The highest BCUT2D eigenvalue weighted by Crippen LogP contribution is 2.29. The van der Waals surface area contributed by atoms with E-state index in [9.17, 15) is 9.90 Å². The zero-order valence-corrected chi connectivity index (χ0v) is 10.8. The van der Waals surface area contributed by atoms with Gasteiger partial charge in [0, 0.05) is 21.6 Å². The van der Waals surface area contributed by atoms with Gasteiger partial charge in [0.25, 0.3) is 0 Å². The number of benzene rings is 1. The molecule has 90 valence electrons. The third-order valence-corrected chi connectivity index (χ3v) is 3.16. The van der Waals surface area contributed by atoms with Crippen molar-refractivity contribution in [3.05, 3.63) is 34.4 Å². The number of aromatic amines is 1. The summed E-state index contributed by atoms with van der Waals surface area (Å²) in [7, 11) is 0. The summed E-state index contributed by atoms with van der Waals surface area (Å²) in [6.45, 7) is 1.96. The van der Waals surface area contributed by atoms with Crippen molar-refractivity contribution in [1.82, 2.24) is 4.98 Å². The summed E-state index contributed by atoms with van der Waals surface area (Å²) < 4.78 is 5.69. The monoisotopic (exact) mass is 297 g/mol. The van der Waals surface area contributed by atoms with Gasteiger partial charge in [0.1, 0.15) is 0 Å². The van der Waals surface area contributed by atoms with Gasteiger partial charge in [0.2, 0.25) is 0 Å². The number of nitrogens with one attached hydrogen (secondary N) is 1. The van der Waals surface area contributed by atoms with Crippen LogP contribution in [0.1, 0.15) is 18.6 Å². The number of aromatic nitrogens is 1. The number of carbonyl (C=O) groups excluding carboxylic acids is 1. The van der Waals surface area contributed by atoms with E-state index in [0.29, 0.717) is 5.56 Å². The molecule has 1 unspecified atom stereocenters. The standard InChI is InChI=1S/C12H12BrNO3/c1-2-17-12(16)11(15)8-5-3-4-7-9(13)6-14-10(7)8/h3-6,11,14-15H,2H2,1H3. The van der Waals surface area contributed by atoms with Gasteiger partial charge >= 0.3 is 5.97 Å². The van der Waals surface area contributed by atoms with Crippen LogP contribution in [0.25, 0.3) is 10.9 Å². The summed E-state index contributed by atoms with van der Waals surface area (Å²) in [5.41, 5.74) is 1.26. The van der Waals surface area contributed by atoms with Crippen molar-refractivity contribution in [2.24, 2.45) is 0 Å². The smallest absolute Gasteiger partial charge is 0.339 e. The van der Waals surface area contributed by atoms with E-state index in [2.05, 4.69) is 20.9 Å². The van der Waals surface area contributed by atoms with E-state index in [-0.39, 0.29) is 6.61 Å². The average molecular weight is 298 g/mol. The van der Waals surface area contributed by atoms with Crippen molar-refractivity contribution < 1.29 is 14.6 Å². The predicted octanol–water partition coefficient (Wildman–Crippen LogP) is 2.53. The Morgan fingerprint density at radius 2 is 2.35 bits per heavy atom. The average Bonchev–Trinajstić information content (AvgIpc) is 2.71. The van der Waals surface area contributed by atoms with Crippen molar-refractivity contribution in [2.75, 3.05) is 6.61 Å². The van der Waals surface area contributed by atoms with Crippen molar-refractivity contribution in [1.29, 1.82) is 0 Å². The first-order valence-corrected chi connectivity index (χ1v) is 6.04. The topological polar surface area (TPSA) is 62.3 Å². The third kappa shape index (κ3) is 2.21. The second kappa shape index (κ2) is 4.89. The fourth-order valence-electron chi connectivity index (χ4n) is 1.72. The minimum Gasteiger partial charge on any atom is -0.464 e. The van der Waals surface area contributed by atoms with Gasteiger partial charge < -0.3 is 14.8 Å². The van der Waals surface area contributed by atoms with Crippen LogP contribution in [0.4, 0.5) is 0 Å². The molecule has 0 bridgehead atoms. The minimum atomic E-state index is -1.26. The Hall–Kier alpha value is -1.33. The molecule has 17 heavy (non-hydrogen) atoms. The highest BCUT2D eigenvalue weighted by molar-refractivity contribution is 9.10. The van der Waals surface area contributed by atoms with E-state index in [1.54, 1.807) is 25.3 Å². The Labute approximate surface area is 107 Å². The van der Waals surface area contributed by atoms with Crippen LogP contribution in [0.2, 0.25) is 0 Å². The molecule has 2 aromatic rings. The van der Waals surface area contributed by atoms with Gasteiger partial charge in [0.15, 0.2) is 6.10 Å². The lowest BCUT2D eigenvalue weighted by Gasteiger charge is -2.10. The van der Waals surface area contributed by atoms with Crippen molar-refractivity contribution >= 4 is 32.8 Å².